The van der Waals surface area contributed by atoms with Crippen molar-refractivity contribution < 1.29 is 13.2 Å². The van der Waals surface area contributed by atoms with Crippen molar-refractivity contribution in [3.05, 3.63) is 65.2 Å². The molecule has 1 aliphatic rings. The standard InChI is InChI=1S/C18H20F3N3/c19-16-3-2-15(17(20)18(16)21)13-24-9-1-8-23(10-11-24)12-14-4-6-22-7-5-14/h2-7H,1,8-13H2. The molecule has 2 aromatic rings. The molecular formula is C18H20F3N3. The van der Waals surface area contributed by atoms with Crippen molar-refractivity contribution in [3.8, 4) is 0 Å². The van der Waals surface area contributed by atoms with Crippen LogP contribution in [0.5, 0.6) is 0 Å². The molecule has 0 atom stereocenters. The van der Waals surface area contributed by atoms with Crippen LogP contribution in [0.1, 0.15) is 17.5 Å². The molecule has 3 nitrogen and oxygen atoms in total. The van der Waals surface area contributed by atoms with Gasteiger partial charge in [-0.3, -0.25) is 14.8 Å². The fourth-order valence-electron chi connectivity index (χ4n) is 3.02. The quantitative estimate of drug-likeness (QED) is 0.800. The van der Waals surface area contributed by atoms with Crippen LogP contribution in [0.4, 0.5) is 13.2 Å². The second kappa shape index (κ2) is 7.77. The van der Waals surface area contributed by atoms with Gasteiger partial charge >= 0.3 is 0 Å². The molecule has 1 aliphatic heterocycles. The van der Waals surface area contributed by atoms with Crippen LogP contribution in [-0.2, 0) is 13.1 Å². The van der Waals surface area contributed by atoms with Crippen LogP contribution in [0.3, 0.4) is 0 Å². The normalized spacial score (nSPS) is 17.0. The van der Waals surface area contributed by atoms with Crippen LogP contribution in [0.25, 0.3) is 0 Å². The third-order valence-electron chi connectivity index (χ3n) is 4.35. The first kappa shape index (κ1) is 16.9. The molecule has 3 rings (SSSR count). The summed E-state index contributed by atoms with van der Waals surface area (Å²) in [5, 5.41) is 0. The Hall–Kier alpha value is -1.92. The van der Waals surface area contributed by atoms with E-state index in [-0.39, 0.29) is 5.56 Å². The Morgan fingerprint density at radius 2 is 1.46 bits per heavy atom. The Bertz CT molecular complexity index is 679. The number of nitrogens with zero attached hydrogens (tertiary/aromatic N) is 3. The van der Waals surface area contributed by atoms with Gasteiger partial charge in [0.15, 0.2) is 17.5 Å². The minimum Gasteiger partial charge on any atom is -0.298 e. The SMILES string of the molecule is Fc1ccc(CN2CCCN(Cc3ccncc3)CC2)c(F)c1F. The van der Waals surface area contributed by atoms with E-state index in [0.29, 0.717) is 6.54 Å². The van der Waals surface area contributed by atoms with Crippen molar-refractivity contribution in [2.24, 2.45) is 0 Å². The Labute approximate surface area is 139 Å². The van der Waals surface area contributed by atoms with Gasteiger partial charge in [0.05, 0.1) is 0 Å². The second-order valence-corrected chi connectivity index (χ2v) is 6.10. The fourth-order valence-corrected chi connectivity index (χ4v) is 3.02. The summed E-state index contributed by atoms with van der Waals surface area (Å²) in [6.45, 7) is 4.55. The van der Waals surface area contributed by atoms with Crippen molar-refractivity contribution in [3.63, 3.8) is 0 Å². The van der Waals surface area contributed by atoms with Crippen molar-refractivity contribution in [2.75, 3.05) is 26.2 Å². The summed E-state index contributed by atoms with van der Waals surface area (Å²) in [5.74, 6) is -3.61. The van der Waals surface area contributed by atoms with E-state index in [4.69, 9.17) is 0 Å². The number of halogens is 3. The highest BCUT2D eigenvalue weighted by Gasteiger charge is 2.19. The van der Waals surface area contributed by atoms with Crippen LogP contribution in [0.15, 0.2) is 36.7 Å². The number of pyridine rings is 1. The lowest BCUT2D eigenvalue weighted by atomic mass is 10.2. The minimum absolute atomic E-state index is 0.205. The van der Waals surface area contributed by atoms with Gasteiger partial charge in [0.25, 0.3) is 0 Å². The smallest absolute Gasteiger partial charge is 0.194 e. The van der Waals surface area contributed by atoms with Crippen molar-refractivity contribution in [1.82, 2.24) is 14.8 Å². The zero-order valence-corrected chi connectivity index (χ0v) is 13.4. The number of aromatic nitrogens is 1. The van der Waals surface area contributed by atoms with Gasteiger partial charge in [0.2, 0.25) is 0 Å². The summed E-state index contributed by atoms with van der Waals surface area (Å²) in [4.78, 5) is 8.45. The van der Waals surface area contributed by atoms with Crippen LogP contribution in [0, 0.1) is 17.5 Å². The van der Waals surface area contributed by atoms with Gasteiger partial charge in [0, 0.05) is 44.1 Å². The minimum atomic E-state index is -1.39. The summed E-state index contributed by atoms with van der Waals surface area (Å²) in [6.07, 6.45) is 4.52. The third kappa shape index (κ3) is 4.13. The fraction of sp³-hybridized carbons (Fsp3) is 0.389. The lowest BCUT2D eigenvalue weighted by Crippen LogP contribution is -2.30. The van der Waals surface area contributed by atoms with E-state index in [2.05, 4.69) is 14.8 Å². The Balaban J connectivity index is 1.59. The maximum absolute atomic E-state index is 13.8. The first-order valence-electron chi connectivity index (χ1n) is 8.09. The zero-order valence-electron chi connectivity index (χ0n) is 13.4. The molecule has 0 radical (unpaired) electrons. The average Bonchev–Trinajstić information content (AvgIpc) is 2.82. The number of rotatable bonds is 4. The topological polar surface area (TPSA) is 19.4 Å². The molecule has 1 fully saturated rings. The second-order valence-electron chi connectivity index (χ2n) is 6.10. The molecule has 0 spiro atoms. The van der Waals surface area contributed by atoms with Gasteiger partial charge in [0.1, 0.15) is 0 Å². The van der Waals surface area contributed by atoms with Gasteiger partial charge in [-0.05, 0) is 43.3 Å². The summed E-state index contributed by atoms with van der Waals surface area (Å²) < 4.78 is 40.2. The highest BCUT2D eigenvalue weighted by atomic mass is 19.2. The molecule has 0 amide bonds. The molecule has 1 aromatic heterocycles. The van der Waals surface area contributed by atoms with Crippen molar-refractivity contribution in [1.29, 1.82) is 0 Å². The predicted octanol–water partition coefficient (Wildman–Crippen LogP) is 3.21. The van der Waals surface area contributed by atoms with Crippen LogP contribution in [0.2, 0.25) is 0 Å². The molecular weight excluding hydrogens is 315 g/mol. The van der Waals surface area contributed by atoms with Gasteiger partial charge in [-0.25, -0.2) is 13.2 Å². The molecule has 24 heavy (non-hydrogen) atoms. The predicted molar refractivity (Wildman–Crippen MR) is 85.7 cm³/mol. The summed E-state index contributed by atoms with van der Waals surface area (Å²) in [5.41, 5.74) is 1.42. The van der Waals surface area contributed by atoms with Crippen LogP contribution >= 0.6 is 0 Å². The Kier molecular flexibility index (Phi) is 5.48. The van der Waals surface area contributed by atoms with E-state index >= 15 is 0 Å². The molecule has 1 saturated heterocycles. The monoisotopic (exact) mass is 335 g/mol. The molecule has 128 valence electrons. The molecule has 0 saturated carbocycles. The van der Waals surface area contributed by atoms with Crippen molar-refractivity contribution >= 4 is 0 Å². The molecule has 0 N–H and O–H groups in total. The molecule has 0 bridgehead atoms. The van der Waals surface area contributed by atoms with E-state index in [1.807, 2.05) is 12.1 Å². The maximum Gasteiger partial charge on any atom is 0.194 e. The largest absolute Gasteiger partial charge is 0.298 e. The number of benzene rings is 1. The lowest BCUT2D eigenvalue weighted by molar-refractivity contribution is 0.244. The van der Waals surface area contributed by atoms with Gasteiger partial charge in [-0.1, -0.05) is 6.07 Å². The van der Waals surface area contributed by atoms with E-state index in [9.17, 15) is 13.2 Å². The van der Waals surface area contributed by atoms with Crippen LogP contribution in [-0.4, -0.2) is 41.0 Å². The van der Waals surface area contributed by atoms with Gasteiger partial charge in [-0.15, -0.1) is 0 Å². The summed E-state index contributed by atoms with van der Waals surface area (Å²) in [6, 6.07) is 6.31. The van der Waals surface area contributed by atoms with Gasteiger partial charge in [-0.2, -0.15) is 0 Å². The first-order chi connectivity index (χ1) is 11.6. The Morgan fingerprint density at radius 1 is 0.792 bits per heavy atom. The molecule has 2 heterocycles. The maximum atomic E-state index is 13.8. The number of hydrogen-bond donors (Lipinski definition) is 0. The summed E-state index contributed by atoms with van der Waals surface area (Å²) in [7, 11) is 0. The van der Waals surface area contributed by atoms with E-state index in [1.54, 1.807) is 12.4 Å². The van der Waals surface area contributed by atoms with Gasteiger partial charge < -0.3 is 0 Å². The van der Waals surface area contributed by atoms with E-state index < -0.39 is 17.5 Å². The molecule has 0 unspecified atom stereocenters. The summed E-state index contributed by atoms with van der Waals surface area (Å²) >= 11 is 0. The third-order valence-corrected chi connectivity index (χ3v) is 4.35. The van der Waals surface area contributed by atoms with Crippen LogP contribution < -0.4 is 0 Å². The van der Waals surface area contributed by atoms with E-state index in [1.165, 1.54) is 11.6 Å². The average molecular weight is 335 g/mol. The molecule has 1 aromatic carbocycles. The number of hydrogen-bond acceptors (Lipinski definition) is 3. The zero-order chi connectivity index (χ0) is 16.9. The highest BCUT2D eigenvalue weighted by Crippen LogP contribution is 2.18. The highest BCUT2D eigenvalue weighted by molar-refractivity contribution is 5.20. The lowest BCUT2D eigenvalue weighted by Gasteiger charge is -2.22. The first-order valence-corrected chi connectivity index (χ1v) is 8.09. The molecule has 6 heteroatoms. The van der Waals surface area contributed by atoms with E-state index in [0.717, 1.165) is 45.2 Å². The Morgan fingerprint density at radius 3 is 2.17 bits per heavy atom. The molecule has 0 aliphatic carbocycles. The van der Waals surface area contributed by atoms with Crippen molar-refractivity contribution in [2.45, 2.75) is 19.5 Å².